The Balaban J connectivity index is 1.28. The summed E-state index contributed by atoms with van der Waals surface area (Å²) in [5.41, 5.74) is 2.69. The van der Waals surface area contributed by atoms with Crippen LogP contribution in [0.25, 0.3) is 11.1 Å². The molecule has 35 heavy (non-hydrogen) atoms. The molecule has 3 aromatic carbocycles. The third-order valence-electron chi connectivity index (χ3n) is 5.73. The van der Waals surface area contributed by atoms with Crippen LogP contribution in [0.5, 0.6) is 5.75 Å². The van der Waals surface area contributed by atoms with Gasteiger partial charge in [-0.1, -0.05) is 42.5 Å². The van der Waals surface area contributed by atoms with Crippen LogP contribution in [-0.4, -0.2) is 62.2 Å². The monoisotopic (exact) mass is 493 g/mol. The summed E-state index contributed by atoms with van der Waals surface area (Å²) in [6.07, 6.45) is 0. The van der Waals surface area contributed by atoms with E-state index in [-0.39, 0.29) is 36.4 Å². The van der Waals surface area contributed by atoms with Gasteiger partial charge in [-0.05, 0) is 47.5 Å². The molecule has 0 aromatic heterocycles. The van der Waals surface area contributed by atoms with Crippen LogP contribution in [0.1, 0.15) is 6.92 Å². The molecule has 0 radical (unpaired) electrons. The molecule has 1 aliphatic heterocycles. The number of nitrogens with zero attached hydrogens (tertiary/aromatic N) is 2. The maximum absolute atomic E-state index is 12.9. The topological polar surface area (TPSA) is 96.0 Å². The summed E-state index contributed by atoms with van der Waals surface area (Å²) in [6, 6.07) is 23.6. The number of amides is 2. The van der Waals surface area contributed by atoms with Gasteiger partial charge in [0.15, 0.2) is 6.61 Å². The lowest BCUT2D eigenvalue weighted by molar-refractivity contribution is -0.134. The highest BCUT2D eigenvalue weighted by molar-refractivity contribution is 7.89. The smallest absolute Gasteiger partial charge is 0.260 e. The average Bonchev–Trinajstić information content (AvgIpc) is 2.88. The molecule has 8 nitrogen and oxygen atoms in total. The van der Waals surface area contributed by atoms with Gasteiger partial charge in [-0.15, -0.1) is 0 Å². The van der Waals surface area contributed by atoms with Crippen LogP contribution >= 0.6 is 0 Å². The SMILES string of the molecule is CC(=O)Nc1ccc(S(=O)(=O)N2CCN(C(=O)COc3ccc(-c4ccccc4)cc3)CC2)cc1. The Kier molecular flexibility index (Phi) is 7.48. The number of sulfonamides is 1. The van der Waals surface area contributed by atoms with Crippen LogP contribution in [-0.2, 0) is 19.6 Å². The Morgan fingerprint density at radius 1 is 0.829 bits per heavy atom. The molecule has 0 unspecified atom stereocenters. The molecule has 3 aromatic rings. The second-order valence-electron chi connectivity index (χ2n) is 8.17. The first-order valence-corrected chi connectivity index (χ1v) is 12.7. The molecule has 0 atom stereocenters. The molecule has 1 heterocycles. The summed E-state index contributed by atoms with van der Waals surface area (Å²) in [7, 11) is -3.69. The van der Waals surface area contributed by atoms with Gasteiger partial charge >= 0.3 is 0 Å². The molecule has 1 aliphatic rings. The van der Waals surface area contributed by atoms with E-state index in [1.807, 2.05) is 54.6 Å². The number of ether oxygens (including phenoxy) is 1. The number of hydrogen-bond acceptors (Lipinski definition) is 5. The lowest BCUT2D eigenvalue weighted by atomic mass is 10.1. The first-order valence-electron chi connectivity index (χ1n) is 11.3. The maximum Gasteiger partial charge on any atom is 0.260 e. The number of carbonyl (C=O) groups excluding carboxylic acids is 2. The number of carbonyl (C=O) groups is 2. The minimum Gasteiger partial charge on any atom is -0.484 e. The van der Waals surface area contributed by atoms with Crippen LogP contribution in [0, 0.1) is 0 Å². The average molecular weight is 494 g/mol. The molecule has 1 N–H and O–H groups in total. The van der Waals surface area contributed by atoms with Gasteiger partial charge in [0.2, 0.25) is 15.9 Å². The van der Waals surface area contributed by atoms with Gasteiger partial charge in [0, 0.05) is 38.8 Å². The summed E-state index contributed by atoms with van der Waals surface area (Å²) in [4.78, 5) is 25.5. The van der Waals surface area contributed by atoms with Gasteiger partial charge in [0.25, 0.3) is 5.91 Å². The summed E-state index contributed by atoms with van der Waals surface area (Å²) in [5, 5.41) is 2.61. The van der Waals surface area contributed by atoms with Crippen LogP contribution in [0.15, 0.2) is 83.8 Å². The standard InChI is InChI=1S/C26H27N3O5S/c1-20(30)27-23-9-13-25(14-10-23)35(32,33)29-17-15-28(16-18-29)26(31)19-34-24-11-7-22(8-12-24)21-5-3-2-4-6-21/h2-14H,15-19H2,1H3,(H,27,30). The Hall–Kier alpha value is -3.69. The number of hydrogen-bond donors (Lipinski definition) is 1. The van der Waals surface area contributed by atoms with Gasteiger partial charge < -0.3 is 15.0 Å². The van der Waals surface area contributed by atoms with E-state index < -0.39 is 10.0 Å². The van der Waals surface area contributed by atoms with Crippen molar-refractivity contribution in [3.8, 4) is 16.9 Å². The lowest BCUT2D eigenvalue weighted by Gasteiger charge is -2.34. The Morgan fingerprint density at radius 2 is 1.43 bits per heavy atom. The van der Waals surface area contributed by atoms with Crippen LogP contribution in [0.2, 0.25) is 0 Å². The lowest BCUT2D eigenvalue weighted by Crippen LogP contribution is -2.51. The Bertz CT molecular complexity index is 1270. The Morgan fingerprint density at radius 3 is 2.03 bits per heavy atom. The zero-order valence-corrected chi connectivity index (χ0v) is 20.2. The van der Waals surface area contributed by atoms with Crippen molar-refractivity contribution >= 4 is 27.5 Å². The highest BCUT2D eigenvalue weighted by atomic mass is 32.2. The van der Waals surface area contributed by atoms with Gasteiger partial charge in [-0.3, -0.25) is 9.59 Å². The molecule has 1 saturated heterocycles. The van der Waals surface area contributed by atoms with Crippen molar-refractivity contribution in [1.82, 2.24) is 9.21 Å². The van der Waals surface area contributed by atoms with E-state index in [9.17, 15) is 18.0 Å². The van der Waals surface area contributed by atoms with Gasteiger partial charge in [0.05, 0.1) is 4.90 Å². The van der Waals surface area contributed by atoms with E-state index in [0.717, 1.165) is 11.1 Å². The van der Waals surface area contributed by atoms with E-state index in [2.05, 4.69) is 5.32 Å². The van der Waals surface area contributed by atoms with Gasteiger partial charge in [-0.2, -0.15) is 4.31 Å². The van der Waals surface area contributed by atoms with Crippen molar-refractivity contribution in [2.24, 2.45) is 0 Å². The van der Waals surface area contributed by atoms with E-state index in [0.29, 0.717) is 24.5 Å². The third kappa shape index (κ3) is 6.06. The van der Waals surface area contributed by atoms with Crippen molar-refractivity contribution < 1.29 is 22.7 Å². The third-order valence-corrected chi connectivity index (χ3v) is 7.64. The fourth-order valence-corrected chi connectivity index (χ4v) is 5.27. The van der Waals surface area contributed by atoms with Crippen LogP contribution in [0.3, 0.4) is 0 Å². The van der Waals surface area contributed by atoms with Gasteiger partial charge in [-0.25, -0.2) is 8.42 Å². The molecule has 9 heteroatoms. The molecule has 0 bridgehead atoms. The summed E-state index contributed by atoms with van der Waals surface area (Å²) in [6.45, 7) is 2.26. The predicted octanol–water partition coefficient (Wildman–Crippen LogP) is 3.22. The summed E-state index contributed by atoms with van der Waals surface area (Å²) >= 11 is 0. The van der Waals surface area contributed by atoms with Gasteiger partial charge in [0.1, 0.15) is 5.75 Å². The van der Waals surface area contributed by atoms with E-state index in [1.54, 1.807) is 17.0 Å². The normalized spacial score (nSPS) is 14.4. The maximum atomic E-state index is 12.9. The first kappa shape index (κ1) is 24.4. The molecule has 0 aliphatic carbocycles. The van der Waals surface area contributed by atoms with Crippen LogP contribution < -0.4 is 10.1 Å². The van der Waals surface area contributed by atoms with Crippen molar-refractivity contribution in [3.63, 3.8) is 0 Å². The molecular formula is C26H27N3O5S. The number of nitrogens with one attached hydrogen (secondary N) is 1. The number of rotatable bonds is 7. The van der Waals surface area contributed by atoms with Crippen molar-refractivity contribution in [2.45, 2.75) is 11.8 Å². The fraction of sp³-hybridized carbons (Fsp3) is 0.231. The summed E-state index contributed by atoms with van der Waals surface area (Å²) < 4.78 is 32.9. The minimum atomic E-state index is -3.69. The number of benzene rings is 3. The number of piperazine rings is 1. The minimum absolute atomic E-state index is 0.109. The number of anilines is 1. The second-order valence-corrected chi connectivity index (χ2v) is 10.1. The van der Waals surface area contributed by atoms with Crippen LogP contribution in [0.4, 0.5) is 5.69 Å². The largest absolute Gasteiger partial charge is 0.484 e. The highest BCUT2D eigenvalue weighted by Crippen LogP contribution is 2.23. The Labute approximate surface area is 205 Å². The zero-order valence-electron chi connectivity index (χ0n) is 19.4. The van der Waals surface area contributed by atoms with Crippen molar-refractivity contribution in [1.29, 1.82) is 0 Å². The van der Waals surface area contributed by atoms with E-state index >= 15 is 0 Å². The van der Waals surface area contributed by atoms with E-state index in [4.69, 9.17) is 4.74 Å². The molecule has 4 rings (SSSR count). The predicted molar refractivity (Wildman–Crippen MR) is 133 cm³/mol. The zero-order chi connectivity index (χ0) is 24.8. The second kappa shape index (κ2) is 10.7. The molecule has 1 fully saturated rings. The fourth-order valence-electron chi connectivity index (χ4n) is 3.85. The van der Waals surface area contributed by atoms with E-state index in [1.165, 1.54) is 23.4 Å². The molecular weight excluding hydrogens is 466 g/mol. The van der Waals surface area contributed by atoms with Crippen molar-refractivity contribution in [3.05, 3.63) is 78.9 Å². The van der Waals surface area contributed by atoms with Crippen molar-refractivity contribution in [2.75, 3.05) is 38.1 Å². The summed E-state index contributed by atoms with van der Waals surface area (Å²) in [5.74, 6) is 0.186. The quantitative estimate of drug-likeness (QED) is 0.545. The highest BCUT2D eigenvalue weighted by Gasteiger charge is 2.30. The molecule has 182 valence electrons. The molecule has 0 spiro atoms. The molecule has 0 saturated carbocycles. The first-order chi connectivity index (χ1) is 16.8. The molecule has 2 amide bonds.